The average molecular weight is 326 g/mol. The topological polar surface area (TPSA) is 98.3 Å². The maximum absolute atomic E-state index is 11.0. The van der Waals surface area contributed by atoms with Crippen LogP contribution in [-0.4, -0.2) is 25.8 Å². The zero-order valence-electron chi connectivity index (χ0n) is 9.70. The molecule has 0 bridgehead atoms. The molecule has 8 heteroatoms. The summed E-state index contributed by atoms with van der Waals surface area (Å²) in [5.74, 6) is -1.17. The first kappa shape index (κ1) is 13.2. The van der Waals surface area contributed by atoms with Gasteiger partial charge in [-0.05, 0) is 28.9 Å². The molecule has 19 heavy (non-hydrogen) atoms. The van der Waals surface area contributed by atoms with Crippen molar-refractivity contribution < 1.29 is 14.8 Å². The van der Waals surface area contributed by atoms with E-state index in [1.165, 1.54) is 22.9 Å². The fourth-order valence-corrected chi connectivity index (χ4v) is 2.03. The van der Waals surface area contributed by atoms with Gasteiger partial charge in [0, 0.05) is 12.1 Å². The molecule has 1 heterocycles. The molecular formula is C11H8BrN3O4. The third-order valence-electron chi connectivity index (χ3n) is 2.53. The SMILES string of the molecule is Cc1c(Br)c(C(=O)O)nn1-c1cccc([N+](=O)[O-])c1. The second-order valence-corrected chi connectivity index (χ2v) is 4.53. The van der Waals surface area contributed by atoms with Gasteiger partial charge in [-0.25, -0.2) is 9.48 Å². The number of carbonyl (C=O) groups is 1. The Kier molecular flexibility index (Phi) is 3.34. The zero-order valence-corrected chi connectivity index (χ0v) is 11.3. The van der Waals surface area contributed by atoms with Crippen LogP contribution in [-0.2, 0) is 0 Å². The number of nitro benzene ring substituents is 1. The maximum Gasteiger partial charge on any atom is 0.357 e. The molecule has 0 saturated carbocycles. The van der Waals surface area contributed by atoms with E-state index in [4.69, 9.17) is 5.11 Å². The van der Waals surface area contributed by atoms with Crippen LogP contribution >= 0.6 is 15.9 Å². The monoisotopic (exact) mass is 325 g/mol. The lowest BCUT2D eigenvalue weighted by Crippen LogP contribution is -2.02. The fourth-order valence-electron chi connectivity index (χ4n) is 1.61. The number of aromatic nitrogens is 2. The summed E-state index contributed by atoms with van der Waals surface area (Å²) >= 11 is 3.15. The Hall–Kier alpha value is -2.22. The Labute approximate surface area is 115 Å². The van der Waals surface area contributed by atoms with E-state index in [-0.39, 0.29) is 11.4 Å². The number of carboxylic acid groups (broad SMARTS) is 1. The van der Waals surface area contributed by atoms with Crippen molar-refractivity contribution in [2.75, 3.05) is 0 Å². The average Bonchev–Trinajstić information content (AvgIpc) is 2.67. The second-order valence-electron chi connectivity index (χ2n) is 3.74. The summed E-state index contributed by atoms with van der Waals surface area (Å²) in [5, 5.41) is 23.6. The van der Waals surface area contributed by atoms with E-state index >= 15 is 0 Å². The highest BCUT2D eigenvalue weighted by Gasteiger charge is 2.19. The summed E-state index contributed by atoms with van der Waals surface area (Å²) in [6.45, 7) is 1.67. The van der Waals surface area contributed by atoms with Gasteiger partial charge < -0.3 is 5.11 Å². The predicted octanol–water partition coefficient (Wildman–Crippen LogP) is 2.55. The molecule has 2 aromatic rings. The molecule has 98 valence electrons. The summed E-state index contributed by atoms with van der Waals surface area (Å²) in [4.78, 5) is 21.2. The number of hydrogen-bond acceptors (Lipinski definition) is 4. The molecule has 0 saturated heterocycles. The Morgan fingerprint density at radius 2 is 2.21 bits per heavy atom. The smallest absolute Gasteiger partial charge is 0.357 e. The molecule has 0 aliphatic rings. The number of aromatic carboxylic acids is 1. The number of hydrogen-bond donors (Lipinski definition) is 1. The number of nitrogens with zero attached hydrogens (tertiary/aromatic N) is 3. The highest BCUT2D eigenvalue weighted by molar-refractivity contribution is 9.10. The van der Waals surface area contributed by atoms with Gasteiger partial charge >= 0.3 is 5.97 Å². The van der Waals surface area contributed by atoms with E-state index in [0.29, 0.717) is 15.9 Å². The standard InChI is InChI=1S/C11H8BrN3O4/c1-6-9(12)10(11(16)17)13-14(6)7-3-2-4-8(5-7)15(18)19/h2-5H,1H3,(H,16,17). The van der Waals surface area contributed by atoms with E-state index in [1.54, 1.807) is 13.0 Å². The molecule has 0 aliphatic heterocycles. The Morgan fingerprint density at radius 1 is 1.53 bits per heavy atom. The summed E-state index contributed by atoms with van der Waals surface area (Å²) in [7, 11) is 0. The highest BCUT2D eigenvalue weighted by Crippen LogP contribution is 2.25. The van der Waals surface area contributed by atoms with Gasteiger partial charge in [0.15, 0.2) is 5.69 Å². The van der Waals surface area contributed by atoms with E-state index in [9.17, 15) is 14.9 Å². The summed E-state index contributed by atoms with van der Waals surface area (Å²) in [6.07, 6.45) is 0. The zero-order chi connectivity index (χ0) is 14.2. The number of rotatable bonds is 3. The lowest BCUT2D eigenvalue weighted by Gasteiger charge is -2.03. The number of nitro groups is 1. The number of non-ortho nitro benzene ring substituents is 1. The van der Waals surface area contributed by atoms with Gasteiger partial charge in [-0.15, -0.1) is 0 Å². The molecule has 0 unspecified atom stereocenters. The van der Waals surface area contributed by atoms with Gasteiger partial charge in [0.2, 0.25) is 0 Å². The van der Waals surface area contributed by atoms with Crippen molar-refractivity contribution in [2.24, 2.45) is 0 Å². The Morgan fingerprint density at radius 3 is 2.74 bits per heavy atom. The van der Waals surface area contributed by atoms with Crippen molar-refractivity contribution in [3.63, 3.8) is 0 Å². The lowest BCUT2D eigenvalue weighted by atomic mass is 10.3. The number of carboxylic acids is 1. The van der Waals surface area contributed by atoms with Gasteiger partial charge in [0.05, 0.1) is 20.8 Å². The van der Waals surface area contributed by atoms with Crippen LogP contribution < -0.4 is 0 Å². The first-order chi connectivity index (χ1) is 8.91. The molecule has 2 rings (SSSR count). The largest absolute Gasteiger partial charge is 0.476 e. The fraction of sp³-hybridized carbons (Fsp3) is 0.0909. The minimum absolute atomic E-state index is 0.0830. The molecule has 0 amide bonds. The van der Waals surface area contributed by atoms with E-state index < -0.39 is 10.9 Å². The third-order valence-corrected chi connectivity index (χ3v) is 3.48. The van der Waals surface area contributed by atoms with Crippen molar-refractivity contribution in [2.45, 2.75) is 6.92 Å². The molecule has 0 fully saturated rings. The Balaban J connectivity index is 2.59. The normalized spacial score (nSPS) is 10.4. The van der Waals surface area contributed by atoms with Crippen LogP contribution in [0.3, 0.4) is 0 Å². The molecule has 0 spiro atoms. The molecule has 0 aliphatic carbocycles. The van der Waals surface area contributed by atoms with E-state index in [2.05, 4.69) is 21.0 Å². The van der Waals surface area contributed by atoms with Crippen molar-refractivity contribution in [3.8, 4) is 5.69 Å². The van der Waals surface area contributed by atoms with Crippen molar-refractivity contribution in [1.82, 2.24) is 9.78 Å². The lowest BCUT2D eigenvalue weighted by molar-refractivity contribution is -0.384. The molecule has 0 atom stereocenters. The van der Waals surface area contributed by atoms with Gasteiger partial charge in [-0.1, -0.05) is 6.07 Å². The van der Waals surface area contributed by atoms with Crippen molar-refractivity contribution >= 4 is 27.6 Å². The van der Waals surface area contributed by atoms with Crippen molar-refractivity contribution in [3.05, 3.63) is 50.2 Å². The Bertz CT molecular complexity index is 681. The third kappa shape index (κ3) is 2.34. The van der Waals surface area contributed by atoms with Gasteiger partial charge in [0.1, 0.15) is 0 Å². The second kappa shape index (κ2) is 4.81. The van der Waals surface area contributed by atoms with Gasteiger partial charge in [0.25, 0.3) is 5.69 Å². The van der Waals surface area contributed by atoms with Crippen LogP contribution in [0.5, 0.6) is 0 Å². The maximum atomic E-state index is 11.0. The molecule has 1 aromatic heterocycles. The van der Waals surface area contributed by atoms with Crippen LogP contribution in [0.4, 0.5) is 5.69 Å². The molecule has 7 nitrogen and oxygen atoms in total. The quantitative estimate of drug-likeness (QED) is 0.690. The van der Waals surface area contributed by atoms with Gasteiger partial charge in [-0.2, -0.15) is 5.10 Å². The van der Waals surface area contributed by atoms with Crippen LogP contribution in [0, 0.1) is 17.0 Å². The summed E-state index contributed by atoms with van der Waals surface area (Å²) in [5.41, 5.74) is 0.766. The summed E-state index contributed by atoms with van der Waals surface area (Å²) in [6, 6.07) is 5.82. The molecule has 1 aromatic carbocycles. The minimum Gasteiger partial charge on any atom is -0.476 e. The predicted molar refractivity (Wildman–Crippen MR) is 69.6 cm³/mol. The van der Waals surface area contributed by atoms with Crippen LogP contribution in [0.25, 0.3) is 5.69 Å². The summed E-state index contributed by atoms with van der Waals surface area (Å²) < 4.78 is 1.70. The minimum atomic E-state index is -1.17. The number of benzene rings is 1. The highest BCUT2D eigenvalue weighted by atomic mass is 79.9. The van der Waals surface area contributed by atoms with E-state index in [1.807, 2.05) is 0 Å². The number of halogens is 1. The van der Waals surface area contributed by atoms with E-state index in [0.717, 1.165) is 0 Å². The van der Waals surface area contributed by atoms with Crippen LogP contribution in [0.1, 0.15) is 16.2 Å². The van der Waals surface area contributed by atoms with Crippen LogP contribution in [0.2, 0.25) is 0 Å². The molecule has 0 radical (unpaired) electrons. The van der Waals surface area contributed by atoms with Crippen LogP contribution in [0.15, 0.2) is 28.7 Å². The van der Waals surface area contributed by atoms with Gasteiger partial charge in [-0.3, -0.25) is 10.1 Å². The first-order valence-corrected chi connectivity index (χ1v) is 5.94. The molecular weight excluding hydrogens is 318 g/mol. The molecule has 1 N–H and O–H groups in total. The first-order valence-electron chi connectivity index (χ1n) is 5.15. The van der Waals surface area contributed by atoms with Crippen molar-refractivity contribution in [1.29, 1.82) is 0 Å².